The molecule has 2 saturated carbocycles. The summed E-state index contributed by atoms with van der Waals surface area (Å²) in [6.45, 7) is 1.04. The van der Waals surface area contributed by atoms with Crippen molar-refractivity contribution < 1.29 is 9.84 Å². The third-order valence-electron chi connectivity index (χ3n) is 7.50. The second-order valence-electron chi connectivity index (χ2n) is 9.45. The Labute approximate surface area is 176 Å². The predicted octanol–water partition coefficient (Wildman–Crippen LogP) is 5.68. The van der Waals surface area contributed by atoms with Gasteiger partial charge in [0.25, 0.3) is 0 Å². The number of aliphatic hydroxyl groups is 1. The van der Waals surface area contributed by atoms with Crippen molar-refractivity contribution in [3.05, 3.63) is 47.7 Å². The third-order valence-corrected chi connectivity index (χ3v) is 7.50. The molecule has 1 aliphatic heterocycles. The van der Waals surface area contributed by atoms with E-state index in [-0.39, 0.29) is 12.2 Å². The number of hydrogen-bond acceptors (Lipinski definition) is 3. The Morgan fingerprint density at radius 2 is 1.66 bits per heavy atom. The Kier molecular flexibility index (Phi) is 7.67. The predicted molar refractivity (Wildman–Crippen MR) is 119 cm³/mol. The van der Waals surface area contributed by atoms with Crippen LogP contribution in [0, 0.1) is 11.8 Å². The summed E-state index contributed by atoms with van der Waals surface area (Å²) in [5.41, 5.74) is 2.90. The van der Waals surface area contributed by atoms with Crippen molar-refractivity contribution in [3.63, 3.8) is 0 Å². The normalized spacial score (nSPS) is 26.2. The van der Waals surface area contributed by atoms with Gasteiger partial charge in [0.15, 0.2) is 0 Å². The van der Waals surface area contributed by atoms with Crippen molar-refractivity contribution in [2.45, 2.75) is 95.3 Å². The molecule has 3 heteroatoms. The number of benzene rings is 1. The zero-order valence-corrected chi connectivity index (χ0v) is 17.9. The number of ether oxygens (including phenoxy) is 1. The van der Waals surface area contributed by atoms with Gasteiger partial charge >= 0.3 is 0 Å². The van der Waals surface area contributed by atoms with Crippen LogP contribution in [0.25, 0.3) is 0 Å². The summed E-state index contributed by atoms with van der Waals surface area (Å²) in [4.78, 5) is 0. The van der Waals surface area contributed by atoms with Crippen molar-refractivity contribution in [2.24, 2.45) is 11.8 Å². The van der Waals surface area contributed by atoms with E-state index in [0.29, 0.717) is 17.9 Å². The van der Waals surface area contributed by atoms with E-state index in [1.54, 1.807) is 0 Å². The molecule has 0 bridgehead atoms. The molecule has 160 valence electrons. The molecule has 3 nitrogen and oxygen atoms in total. The fourth-order valence-electron chi connectivity index (χ4n) is 5.82. The highest BCUT2D eigenvalue weighted by atomic mass is 16.5. The van der Waals surface area contributed by atoms with Crippen LogP contribution in [0.1, 0.15) is 87.8 Å². The van der Waals surface area contributed by atoms with E-state index in [2.05, 4.69) is 35.7 Å². The quantitative estimate of drug-likeness (QED) is 0.581. The number of hydrogen-bond donors (Lipinski definition) is 2. The summed E-state index contributed by atoms with van der Waals surface area (Å²) >= 11 is 0. The maximum absolute atomic E-state index is 11.2. The average Bonchev–Trinajstić information content (AvgIpc) is 2.80. The van der Waals surface area contributed by atoms with Crippen LogP contribution in [-0.2, 0) is 11.2 Å². The lowest BCUT2D eigenvalue weighted by Crippen LogP contribution is -2.41. The minimum absolute atomic E-state index is 0.0266. The largest absolute Gasteiger partial charge is 0.495 e. The van der Waals surface area contributed by atoms with Gasteiger partial charge in [-0.1, -0.05) is 62.8 Å². The Hall–Kier alpha value is -1.32. The standard InChI is InChI=1S/C26H39NO2/c28-25(21-11-3-1-4-12-21)26(22-13-5-2-6-14-22)29-19-9-16-24-23-15-8-7-10-20(23)17-18-27-24/h7-10,15,19,21-22,24-28H,1-6,11-14,16-18H2/b19-9+/t24-,25-,26-/m1/s1. The highest BCUT2D eigenvalue weighted by molar-refractivity contribution is 5.32. The first-order valence-electron chi connectivity index (χ1n) is 12.1. The highest BCUT2D eigenvalue weighted by Crippen LogP contribution is 2.35. The highest BCUT2D eigenvalue weighted by Gasteiger charge is 2.35. The van der Waals surface area contributed by atoms with Gasteiger partial charge in [-0.2, -0.15) is 0 Å². The zero-order chi connectivity index (χ0) is 19.9. The molecule has 2 N–H and O–H groups in total. The molecule has 0 spiro atoms. The van der Waals surface area contributed by atoms with Crippen molar-refractivity contribution in [1.82, 2.24) is 5.32 Å². The SMILES string of the molecule is O[C@H](C1CCCCC1)[C@H](O/C=C/C[C@H]1NCCc2ccccc21)C1CCCCC1. The zero-order valence-electron chi connectivity index (χ0n) is 17.9. The Balaban J connectivity index is 1.37. The first kappa shape index (κ1) is 20.9. The lowest BCUT2D eigenvalue weighted by molar-refractivity contribution is -0.0690. The van der Waals surface area contributed by atoms with Crippen LogP contribution in [0.3, 0.4) is 0 Å². The number of fused-ring (bicyclic) bond motifs is 1. The molecule has 0 aromatic heterocycles. The summed E-state index contributed by atoms with van der Waals surface area (Å²) in [6, 6.07) is 9.15. The first-order chi connectivity index (χ1) is 14.3. The molecular formula is C26H39NO2. The van der Waals surface area contributed by atoms with Gasteiger partial charge in [0.05, 0.1) is 12.4 Å². The fraction of sp³-hybridized carbons (Fsp3) is 0.692. The molecule has 29 heavy (non-hydrogen) atoms. The first-order valence-corrected chi connectivity index (χ1v) is 12.1. The molecule has 0 saturated heterocycles. The van der Waals surface area contributed by atoms with Crippen LogP contribution in [0.15, 0.2) is 36.6 Å². The Morgan fingerprint density at radius 1 is 0.966 bits per heavy atom. The molecule has 3 atom stereocenters. The van der Waals surface area contributed by atoms with Gasteiger partial charge in [0.1, 0.15) is 6.10 Å². The summed E-state index contributed by atoms with van der Waals surface area (Å²) in [7, 11) is 0. The van der Waals surface area contributed by atoms with Crippen molar-refractivity contribution in [2.75, 3.05) is 6.54 Å². The van der Waals surface area contributed by atoms with E-state index < -0.39 is 0 Å². The lowest BCUT2D eigenvalue weighted by atomic mass is 9.76. The molecule has 2 aliphatic carbocycles. The van der Waals surface area contributed by atoms with Gasteiger partial charge in [-0.3, -0.25) is 0 Å². The van der Waals surface area contributed by atoms with Crippen LogP contribution in [0.2, 0.25) is 0 Å². The van der Waals surface area contributed by atoms with Gasteiger partial charge in [-0.15, -0.1) is 0 Å². The third kappa shape index (κ3) is 5.44. The van der Waals surface area contributed by atoms with Crippen LogP contribution in [0.5, 0.6) is 0 Å². The number of aliphatic hydroxyl groups excluding tert-OH is 1. The summed E-state index contributed by atoms with van der Waals surface area (Å²) in [5, 5.41) is 14.8. The van der Waals surface area contributed by atoms with Gasteiger partial charge < -0.3 is 15.2 Å². The molecule has 4 rings (SSSR count). The number of nitrogens with one attached hydrogen (secondary N) is 1. The lowest BCUT2D eigenvalue weighted by Gasteiger charge is -2.37. The van der Waals surface area contributed by atoms with Crippen molar-refractivity contribution in [3.8, 4) is 0 Å². The maximum Gasteiger partial charge on any atom is 0.127 e. The van der Waals surface area contributed by atoms with E-state index in [4.69, 9.17) is 4.74 Å². The van der Waals surface area contributed by atoms with E-state index in [1.807, 2.05) is 6.26 Å². The van der Waals surface area contributed by atoms with Gasteiger partial charge in [-0.05, 0) is 74.1 Å². The number of rotatable bonds is 7. The van der Waals surface area contributed by atoms with E-state index in [1.165, 1.54) is 75.3 Å². The van der Waals surface area contributed by atoms with E-state index in [9.17, 15) is 5.11 Å². The summed E-state index contributed by atoms with van der Waals surface area (Å²) < 4.78 is 6.32. The van der Waals surface area contributed by atoms with Crippen LogP contribution in [-0.4, -0.2) is 23.9 Å². The molecule has 1 aromatic carbocycles. The average molecular weight is 398 g/mol. The van der Waals surface area contributed by atoms with Crippen LogP contribution in [0.4, 0.5) is 0 Å². The molecule has 0 radical (unpaired) electrons. The van der Waals surface area contributed by atoms with Crippen LogP contribution < -0.4 is 5.32 Å². The second kappa shape index (κ2) is 10.6. The van der Waals surface area contributed by atoms with Crippen molar-refractivity contribution in [1.29, 1.82) is 0 Å². The summed E-state index contributed by atoms with van der Waals surface area (Å²) in [6.07, 6.45) is 18.3. The van der Waals surface area contributed by atoms with Gasteiger partial charge in [0.2, 0.25) is 0 Å². The van der Waals surface area contributed by atoms with Gasteiger partial charge in [0, 0.05) is 6.04 Å². The molecular weight excluding hydrogens is 358 g/mol. The molecule has 1 heterocycles. The Morgan fingerprint density at radius 3 is 2.41 bits per heavy atom. The fourth-order valence-corrected chi connectivity index (χ4v) is 5.82. The minimum atomic E-state index is -0.309. The second-order valence-corrected chi connectivity index (χ2v) is 9.45. The molecule has 0 unspecified atom stereocenters. The molecule has 2 fully saturated rings. The molecule has 0 amide bonds. The van der Waals surface area contributed by atoms with E-state index >= 15 is 0 Å². The summed E-state index contributed by atoms with van der Waals surface area (Å²) in [5.74, 6) is 0.940. The maximum atomic E-state index is 11.2. The van der Waals surface area contributed by atoms with Crippen LogP contribution >= 0.6 is 0 Å². The molecule has 3 aliphatic rings. The minimum Gasteiger partial charge on any atom is -0.495 e. The van der Waals surface area contributed by atoms with Crippen molar-refractivity contribution >= 4 is 0 Å². The van der Waals surface area contributed by atoms with E-state index in [0.717, 1.165) is 19.4 Å². The molecule has 1 aromatic rings. The Bertz CT molecular complexity index is 646. The smallest absolute Gasteiger partial charge is 0.127 e. The van der Waals surface area contributed by atoms with Gasteiger partial charge in [-0.25, -0.2) is 0 Å². The topological polar surface area (TPSA) is 41.5 Å². The monoisotopic (exact) mass is 397 g/mol.